The lowest BCUT2D eigenvalue weighted by atomic mass is 10.5. The Balaban J connectivity index is 0. The van der Waals surface area contributed by atoms with Crippen molar-refractivity contribution in [1.29, 1.82) is 0 Å². The third-order valence-electron chi connectivity index (χ3n) is 2.34. The largest absolute Gasteiger partial charge is 0.327 e. The van der Waals surface area contributed by atoms with Gasteiger partial charge in [0.25, 0.3) is 0 Å². The van der Waals surface area contributed by atoms with Crippen LogP contribution in [-0.2, 0) is 0 Å². The first-order valence-corrected chi connectivity index (χ1v) is 4.12. The molecule has 2 fully saturated rings. The standard InChI is InChI=1S/2C4H9N.2ClH/c2*1-3-2-4(3)5;;/h2*3-4H,2,5H2,1H3;2*1H/t2*3-,4-;;/m10../s1. The van der Waals surface area contributed by atoms with E-state index in [1.54, 1.807) is 0 Å². The number of hydrogen-bond acceptors (Lipinski definition) is 2. The van der Waals surface area contributed by atoms with E-state index in [9.17, 15) is 0 Å². The van der Waals surface area contributed by atoms with Gasteiger partial charge in [-0.15, -0.1) is 24.8 Å². The molecule has 4 N–H and O–H groups in total. The van der Waals surface area contributed by atoms with Crippen LogP contribution in [0.5, 0.6) is 0 Å². The summed E-state index contributed by atoms with van der Waals surface area (Å²) in [5.41, 5.74) is 10.7. The van der Waals surface area contributed by atoms with Gasteiger partial charge in [0.2, 0.25) is 0 Å². The molecule has 0 saturated heterocycles. The van der Waals surface area contributed by atoms with Crippen LogP contribution in [0.2, 0.25) is 0 Å². The van der Waals surface area contributed by atoms with Crippen molar-refractivity contribution in [3.8, 4) is 0 Å². The number of hydrogen-bond donors (Lipinski definition) is 2. The summed E-state index contributed by atoms with van der Waals surface area (Å²) in [7, 11) is 0. The molecule has 4 atom stereocenters. The molecule has 0 bridgehead atoms. The lowest BCUT2D eigenvalue weighted by Gasteiger charge is -1.69. The monoisotopic (exact) mass is 214 g/mol. The molecule has 2 aliphatic rings. The highest BCUT2D eigenvalue weighted by Crippen LogP contribution is 2.25. The lowest BCUT2D eigenvalue weighted by Crippen LogP contribution is -1.98. The maximum Gasteiger partial charge on any atom is 0.00682 e. The highest BCUT2D eigenvalue weighted by atomic mass is 35.5. The number of nitrogens with two attached hydrogens (primary N) is 2. The summed E-state index contributed by atoms with van der Waals surface area (Å²) in [5.74, 6) is 1.66. The fourth-order valence-corrected chi connectivity index (χ4v) is 0.701. The zero-order chi connectivity index (χ0) is 7.72. The van der Waals surface area contributed by atoms with Gasteiger partial charge in [-0.2, -0.15) is 0 Å². The van der Waals surface area contributed by atoms with Gasteiger partial charge in [-0.25, -0.2) is 0 Å². The highest BCUT2D eigenvalue weighted by Gasteiger charge is 2.27. The van der Waals surface area contributed by atoms with Crippen molar-refractivity contribution in [1.82, 2.24) is 0 Å². The van der Waals surface area contributed by atoms with Crippen molar-refractivity contribution in [3.05, 3.63) is 0 Å². The molecule has 0 aromatic carbocycles. The van der Waals surface area contributed by atoms with E-state index in [1.165, 1.54) is 12.8 Å². The number of halogens is 2. The van der Waals surface area contributed by atoms with Crippen molar-refractivity contribution in [2.75, 3.05) is 0 Å². The molecule has 0 amide bonds. The average Bonchev–Trinajstić information content (AvgIpc) is 2.62. The Morgan fingerprint density at radius 2 is 0.917 bits per heavy atom. The van der Waals surface area contributed by atoms with Crippen molar-refractivity contribution in [2.45, 2.75) is 38.8 Å². The SMILES string of the molecule is C[C@@H]1C[C@H]1N.C[C@H]1C[C@@H]1N.Cl.Cl. The van der Waals surface area contributed by atoms with Crippen LogP contribution in [0.15, 0.2) is 0 Å². The van der Waals surface area contributed by atoms with Crippen molar-refractivity contribution in [2.24, 2.45) is 23.3 Å². The van der Waals surface area contributed by atoms with Crippen LogP contribution in [0, 0.1) is 11.8 Å². The molecule has 0 aromatic rings. The molecule has 12 heavy (non-hydrogen) atoms. The van der Waals surface area contributed by atoms with Crippen molar-refractivity contribution >= 4 is 24.8 Å². The van der Waals surface area contributed by atoms with Gasteiger partial charge >= 0.3 is 0 Å². The minimum atomic E-state index is 0. The van der Waals surface area contributed by atoms with Gasteiger partial charge in [0.1, 0.15) is 0 Å². The van der Waals surface area contributed by atoms with Crippen LogP contribution in [0.3, 0.4) is 0 Å². The molecule has 0 aromatic heterocycles. The summed E-state index contributed by atoms with van der Waals surface area (Å²) in [5, 5.41) is 0. The summed E-state index contributed by atoms with van der Waals surface area (Å²) in [4.78, 5) is 0. The molecule has 2 aliphatic carbocycles. The first-order valence-electron chi connectivity index (χ1n) is 4.12. The van der Waals surface area contributed by atoms with Gasteiger partial charge in [-0.1, -0.05) is 13.8 Å². The first-order chi connectivity index (χ1) is 4.61. The van der Waals surface area contributed by atoms with Crippen LogP contribution in [0.25, 0.3) is 0 Å². The van der Waals surface area contributed by atoms with E-state index in [4.69, 9.17) is 11.5 Å². The fraction of sp³-hybridized carbons (Fsp3) is 1.00. The molecule has 0 radical (unpaired) electrons. The van der Waals surface area contributed by atoms with E-state index < -0.39 is 0 Å². The molecule has 0 spiro atoms. The van der Waals surface area contributed by atoms with Crippen LogP contribution in [0.1, 0.15) is 26.7 Å². The van der Waals surface area contributed by atoms with E-state index in [2.05, 4.69) is 13.8 Å². The zero-order valence-corrected chi connectivity index (χ0v) is 9.33. The maximum absolute atomic E-state index is 5.37. The Hall–Kier alpha value is 0.500. The second-order valence-corrected chi connectivity index (χ2v) is 3.75. The fourth-order valence-electron chi connectivity index (χ4n) is 0.701. The second-order valence-electron chi connectivity index (χ2n) is 3.75. The Kier molecular flexibility index (Phi) is 7.54. The predicted molar refractivity (Wildman–Crippen MR) is 58.0 cm³/mol. The molecule has 2 saturated carbocycles. The summed E-state index contributed by atoms with van der Waals surface area (Å²) in [6, 6.07) is 1.10. The molecule has 2 nitrogen and oxygen atoms in total. The highest BCUT2D eigenvalue weighted by molar-refractivity contribution is 5.85. The number of rotatable bonds is 0. The van der Waals surface area contributed by atoms with Crippen LogP contribution >= 0.6 is 24.8 Å². The summed E-state index contributed by atoms with van der Waals surface area (Å²) < 4.78 is 0. The van der Waals surface area contributed by atoms with Crippen LogP contribution in [0.4, 0.5) is 0 Å². The minimum Gasteiger partial charge on any atom is -0.327 e. The molecule has 4 heteroatoms. The van der Waals surface area contributed by atoms with Crippen LogP contribution in [-0.4, -0.2) is 12.1 Å². The molecule has 0 heterocycles. The Morgan fingerprint density at radius 1 is 0.833 bits per heavy atom. The molecule has 0 aliphatic heterocycles. The van der Waals surface area contributed by atoms with Crippen molar-refractivity contribution in [3.63, 3.8) is 0 Å². The van der Waals surface area contributed by atoms with Gasteiger partial charge in [0.15, 0.2) is 0 Å². The Bertz CT molecular complexity index is 95.6. The normalized spacial score (nSPS) is 41.0. The summed E-state index contributed by atoms with van der Waals surface area (Å²) >= 11 is 0. The van der Waals surface area contributed by atoms with E-state index >= 15 is 0 Å². The van der Waals surface area contributed by atoms with E-state index in [0.717, 1.165) is 11.8 Å². The molecule has 0 unspecified atom stereocenters. The maximum atomic E-state index is 5.37. The topological polar surface area (TPSA) is 52.0 Å². The zero-order valence-electron chi connectivity index (χ0n) is 7.69. The van der Waals surface area contributed by atoms with Gasteiger partial charge < -0.3 is 11.5 Å². The van der Waals surface area contributed by atoms with Gasteiger partial charge in [-0.05, 0) is 24.7 Å². The summed E-state index contributed by atoms with van der Waals surface area (Å²) in [6.45, 7) is 4.34. The first kappa shape index (κ1) is 15.0. The Morgan fingerprint density at radius 3 is 0.917 bits per heavy atom. The van der Waals surface area contributed by atoms with E-state index in [-0.39, 0.29) is 24.8 Å². The third kappa shape index (κ3) is 6.06. The lowest BCUT2D eigenvalue weighted by molar-refractivity contribution is 0.895. The quantitative estimate of drug-likeness (QED) is 0.644. The molecule has 76 valence electrons. The van der Waals surface area contributed by atoms with Gasteiger partial charge in [0, 0.05) is 12.1 Å². The van der Waals surface area contributed by atoms with Crippen LogP contribution < -0.4 is 11.5 Å². The van der Waals surface area contributed by atoms with Gasteiger partial charge in [0.05, 0.1) is 0 Å². The van der Waals surface area contributed by atoms with Gasteiger partial charge in [-0.3, -0.25) is 0 Å². The third-order valence-corrected chi connectivity index (χ3v) is 2.34. The Labute approximate surface area is 87.3 Å². The minimum absolute atomic E-state index is 0. The second kappa shape index (κ2) is 6.03. The van der Waals surface area contributed by atoms with E-state index in [0.29, 0.717) is 12.1 Å². The molecular weight excluding hydrogens is 195 g/mol. The molecule has 2 rings (SSSR count). The van der Waals surface area contributed by atoms with E-state index in [1.807, 2.05) is 0 Å². The predicted octanol–water partition coefficient (Wildman–Crippen LogP) is 1.55. The summed E-state index contributed by atoms with van der Waals surface area (Å²) in [6.07, 6.45) is 2.50. The molecular formula is C8H20Cl2N2. The smallest absolute Gasteiger partial charge is 0.00682 e. The van der Waals surface area contributed by atoms with Crippen molar-refractivity contribution < 1.29 is 0 Å². The average molecular weight is 215 g/mol.